The molecule has 130 valence electrons. The largest absolute Gasteiger partial charge is 0.496 e. The first-order valence-corrected chi connectivity index (χ1v) is 8.80. The minimum Gasteiger partial charge on any atom is -0.496 e. The lowest BCUT2D eigenvalue weighted by atomic mass is 10.1. The fraction of sp³-hybridized carbons (Fsp3) is 0.100. The van der Waals surface area contributed by atoms with E-state index in [1.54, 1.807) is 7.11 Å². The van der Waals surface area contributed by atoms with Gasteiger partial charge in [-0.15, -0.1) is 0 Å². The van der Waals surface area contributed by atoms with Gasteiger partial charge in [-0.1, -0.05) is 45.4 Å². The van der Waals surface area contributed by atoms with Crippen molar-refractivity contribution in [2.24, 2.45) is 0 Å². The smallest absolute Gasteiger partial charge is 0.264 e. The van der Waals surface area contributed by atoms with E-state index in [0.29, 0.717) is 17.5 Å². The Kier molecular flexibility index (Phi) is 4.58. The number of hydrogen-bond donors (Lipinski definition) is 0. The second-order valence-corrected chi connectivity index (χ2v) is 6.57. The molecule has 4 rings (SSSR count). The molecule has 0 amide bonds. The van der Waals surface area contributed by atoms with E-state index in [9.17, 15) is 0 Å². The molecule has 0 spiro atoms. The second-order valence-electron chi connectivity index (χ2n) is 5.65. The summed E-state index contributed by atoms with van der Waals surface area (Å²) in [4.78, 5) is 4.39. The van der Waals surface area contributed by atoms with Gasteiger partial charge in [-0.2, -0.15) is 4.98 Å². The zero-order valence-corrected chi connectivity index (χ0v) is 15.6. The van der Waals surface area contributed by atoms with E-state index < -0.39 is 0 Å². The molecule has 0 aliphatic rings. The molecule has 0 bridgehead atoms. The summed E-state index contributed by atoms with van der Waals surface area (Å²) in [6.45, 7) is 0.199. The SMILES string of the molecule is COc1ccccc1-c1noc(COc2ccc3cc(Br)ccc3c2)n1. The predicted molar refractivity (Wildman–Crippen MR) is 102 cm³/mol. The molecular formula is C20H15BrN2O3. The lowest BCUT2D eigenvalue weighted by molar-refractivity contribution is 0.243. The van der Waals surface area contributed by atoms with Crippen LogP contribution in [0.15, 0.2) is 69.7 Å². The summed E-state index contributed by atoms with van der Waals surface area (Å²) in [5.74, 6) is 2.32. The Morgan fingerprint density at radius 3 is 2.69 bits per heavy atom. The molecule has 0 unspecified atom stereocenters. The lowest BCUT2D eigenvalue weighted by Gasteiger charge is -2.05. The number of methoxy groups -OCH3 is 1. The van der Waals surface area contributed by atoms with Crippen molar-refractivity contribution >= 4 is 26.7 Å². The van der Waals surface area contributed by atoms with Gasteiger partial charge in [0.1, 0.15) is 11.5 Å². The second kappa shape index (κ2) is 7.17. The summed E-state index contributed by atoms with van der Waals surface area (Å²) in [5.41, 5.74) is 0.779. The molecule has 0 N–H and O–H groups in total. The van der Waals surface area contributed by atoms with Crippen LogP contribution in [0.25, 0.3) is 22.2 Å². The summed E-state index contributed by atoms with van der Waals surface area (Å²) >= 11 is 3.48. The third kappa shape index (κ3) is 3.41. The van der Waals surface area contributed by atoms with Crippen molar-refractivity contribution in [2.45, 2.75) is 6.61 Å². The monoisotopic (exact) mass is 410 g/mol. The van der Waals surface area contributed by atoms with Crippen LogP contribution in [-0.2, 0) is 6.61 Å². The summed E-state index contributed by atoms with van der Waals surface area (Å²) in [6, 6.07) is 19.6. The first-order valence-electron chi connectivity index (χ1n) is 8.01. The van der Waals surface area contributed by atoms with Crippen molar-refractivity contribution in [1.82, 2.24) is 10.1 Å². The Balaban J connectivity index is 1.50. The van der Waals surface area contributed by atoms with Crippen molar-refractivity contribution in [3.63, 3.8) is 0 Å². The van der Waals surface area contributed by atoms with E-state index in [2.05, 4.69) is 32.1 Å². The molecule has 0 fully saturated rings. The van der Waals surface area contributed by atoms with Crippen LogP contribution in [0, 0.1) is 0 Å². The fourth-order valence-electron chi connectivity index (χ4n) is 2.68. The van der Waals surface area contributed by atoms with Crippen LogP contribution in [0.2, 0.25) is 0 Å². The maximum Gasteiger partial charge on any atom is 0.264 e. The number of aromatic nitrogens is 2. The quantitative estimate of drug-likeness (QED) is 0.450. The molecule has 6 heteroatoms. The number of para-hydroxylation sites is 1. The third-order valence-electron chi connectivity index (χ3n) is 3.95. The van der Waals surface area contributed by atoms with Gasteiger partial charge in [-0.05, 0) is 47.2 Å². The van der Waals surface area contributed by atoms with Gasteiger partial charge in [0.05, 0.1) is 12.7 Å². The van der Waals surface area contributed by atoms with Gasteiger partial charge in [0.25, 0.3) is 5.89 Å². The molecule has 0 aliphatic heterocycles. The van der Waals surface area contributed by atoms with Crippen molar-refractivity contribution in [3.8, 4) is 22.9 Å². The molecule has 1 aromatic heterocycles. The van der Waals surface area contributed by atoms with Crippen LogP contribution in [0.4, 0.5) is 0 Å². The van der Waals surface area contributed by atoms with Crippen molar-refractivity contribution in [3.05, 3.63) is 71.0 Å². The van der Waals surface area contributed by atoms with Gasteiger partial charge in [-0.25, -0.2) is 0 Å². The number of nitrogens with zero attached hydrogens (tertiary/aromatic N) is 2. The van der Waals surface area contributed by atoms with Crippen LogP contribution < -0.4 is 9.47 Å². The molecule has 5 nitrogen and oxygen atoms in total. The van der Waals surface area contributed by atoms with E-state index in [-0.39, 0.29) is 6.61 Å². The summed E-state index contributed by atoms with van der Waals surface area (Å²) < 4.78 is 17.5. The van der Waals surface area contributed by atoms with E-state index in [4.69, 9.17) is 14.0 Å². The van der Waals surface area contributed by atoms with Gasteiger partial charge in [0.2, 0.25) is 5.82 Å². The van der Waals surface area contributed by atoms with Crippen molar-refractivity contribution in [2.75, 3.05) is 7.11 Å². The average Bonchev–Trinajstić information content (AvgIpc) is 3.15. The minimum absolute atomic E-state index is 0.199. The van der Waals surface area contributed by atoms with E-state index in [0.717, 1.165) is 26.6 Å². The van der Waals surface area contributed by atoms with Crippen LogP contribution in [0.5, 0.6) is 11.5 Å². The Hall–Kier alpha value is -2.86. The van der Waals surface area contributed by atoms with E-state index in [1.807, 2.05) is 54.6 Å². The van der Waals surface area contributed by atoms with Crippen LogP contribution in [-0.4, -0.2) is 17.3 Å². The lowest BCUT2D eigenvalue weighted by Crippen LogP contribution is -1.96. The van der Waals surface area contributed by atoms with Gasteiger partial charge >= 0.3 is 0 Å². The molecular weight excluding hydrogens is 396 g/mol. The average molecular weight is 411 g/mol. The first kappa shape index (κ1) is 16.6. The molecule has 0 aliphatic carbocycles. The number of rotatable bonds is 5. The van der Waals surface area contributed by atoms with Gasteiger partial charge in [0, 0.05) is 4.47 Å². The van der Waals surface area contributed by atoms with Gasteiger partial charge < -0.3 is 14.0 Å². The predicted octanol–water partition coefficient (Wildman–Crippen LogP) is 5.24. The molecule has 0 atom stereocenters. The Morgan fingerprint density at radius 1 is 1.00 bits per heavy atom. The number of ether oxygens (including phenoxy) is 2. The highest BCUT2D eigenvalue weighted by molar-refractivity contribution is 9.10. The molecule has 4 aromatic rings. The molecule has 0 radical (unpaired) electrons. The zero-order chi connectivity index (χ0) is 17.9. The number of benzene rings is 3. The zero-order valence-electron chi connectivity index (χ0n) is 14.0. The first-order chi connectivity index (χ1) is 12.7. The highest BCUT2D eigenvalue weighted by atomic mass is 79.9. The van der Waals surface area contributed by atoms with Crippen LogP contribution >= 0.6 is 15.9 Å². The number of hydrogen-bond acceptors (Lipinski definition) is 5. The molecule has 0 saturated heterocycles. The van der Waals surface area contributed by atoms with Gasteiger partial charge in [0.15, 0.2) is 6.61 Å². The van der Waals surface area contributed by atoms with Gasteiger partial charge in [-0.3, -0.25) is 0 Å². The van der Waals surface area contributed by atoms with E-state index >= 15 is 0 Å². The number of halogens is 1. The summed E-state index contributed by atoms with van der Waals surface area (Å²) in [7, 11) is 1.61. The Bertz CT molecular complexity index is 1060. The summed E-state index contributed by atoms with van der Waals surface area (Å²) in [6.07, 6.45) is 0. The minimum atomic E-state index is 0.199. The van der Waals surface area contributed by atoms with Crippen LogP contribution in [0.3, 0.4) is 0 Å². The number of fused-ring (bicyclic) bond motifs is 1. The van der Waals surface area contributed by atoms with Crippen LogP contribution in [0.1, 0.15) is 5.89 Å². The van der Waals surface area contributed by atoms with Crippen molar-refractivity contribution in [1.29, 1.82) is 0 Å². The van der Waals surface area contributed by atoms with E-state index in [1.165, 1.54) is 0 Å². The highest BCUT2D eigenvalue weighted by Crippen LogP contribution is 2.28. The maximum atomic E-state index is 5.80. The normalized spacial score (nSPS) is 10.8. The maximum absolute atomic E-state index is 5.80. The third-order valence-corrected chi connectivity index (χ3v) is 4.45. The Morgan fingerprint density at radius 2 is 1.81 bits per heavy atom. The fourth-order valence-corrected chi connectivity index (χ4v) is 3.06. The standard InChI is InChI=1S/C20H15BrN2O3/c1-24-18-5-3-2-4-17(18)20-22-19(26-23-20)12-25-16-9-7-13-10-15(21)8-6-14(13)11-16/h2-11H,12H2,1H3. The molecule has 3 aromatic carbocycles. The topological polar surface area (TPSA) is 57.4 Å². The summed E-state index contributed by atoms with van der Waals surface area (Å²) in [5, 5.41) is 6.26. The molecule has 0 saturated carbocycles. The highest BCUT2D eigenvalue weighted by Gasteiger charge is 2.13. The molecule has 26 heavy (non-hydrogen) atoms. The van der Waals surface area contributed by atoms with Crippen molar-refractivity contribution < 1.29 is 14.0 Å². The molecule has 1 heterocycles. The Labute approximate surface area is 158 Å².